The van der Waals surface area contributed by atoms with E-state index in [0.717, 1.165) is 25.7 Å². The van der Waals surface area contributed by atoms with Crippen molar-refractivity contribution in [2.24, 2.45) is 17.8 Å². The third kappa shape index (κ3) is 11.0. The summed E-state index contributed by atoms with van der Waals surface area (Å²) in [5.74, 6) is 7.18. The molecule has 0 spiro atoms. The maximum atomic E-state index is 11.8. The molecule has 0 aromatic carbocycles. The Morgan fingerprint density at radius 3 is 2.32 bits per heavy atom. The molecule has 1 saturated carbocycles. The third-order valence-electron chi connectivity index (χ3n) is 5.55. The van der Waals surface area contributed by atoms with E-state index in [4.69, 9.17) is 14.2 Å². The van der Waals surface area contributed by atoms with Crippen molar-refractivity contribution < 1.29 is 37.0 Å². The number of carbonyl (C=O) groups excluding carboxylic acids is 3. The van der Waals surface area contributed by atoms with Gasteiger partial charge in [0.25, 0.3) is 0 Å². The highest BCUT2D eigenvalue weighted by Gasteiger charge is 2.49. The first-order valence-corrected chi connectivity index (χ1v) is 12.9. The smallest absolute Gasteiger partial charge is 0.407 e. The molecule has 2 rings (SSSR count). The van der Waals surface area contributed by atoms with Crippen molar-refractivity contribution in [3.63, 3.8) is 0 Å². The van der Waals surface area contributed by atoms with E-state index in [0.29, 0.717) is 24.4 Å². The topological polar surface area (TPSA) is 161 Å². The average molecular weight is 503 g/mol. The quantitative estimate of drug-likeness (QED) is 0.194. The number of amides is 3. The van der Waals surface area contributed by atoms with Crippen LogP contribution in [0.5, 0.6) is 0 Å². The molecule has 0 saturated heterocycles. The molecule has 0 aromatic rings. The zero-order valence-electron chi connectivity index (χ0n) is 19.4. The Kier molecular flexibility index (Phi) is 11.9. The summed E-state index contributed by atoms with van der Waals surface area (Å²) >= 11 is 0. The van der Waals surface area contributed by atoms with Gasteiger partial charge in [-0.2, -0.15) is 13.1 Å². The van der Waals surface area contributed by atoms with Gasteiger partial charge in [0.2, 0.25) is 5.91 Å². The minimum absolute atomic E-state index is 0.0295. The van der Waals surface area contributed by atoms with Crippen molar-refractivity contribution in [1.82, 2.24) is 20.1 Å². The molecule has 12 nitrogen and oxygen atoms in total. The lowest BCUT2D eigenvalue weighted by Gasteiger charge is -2.09. The summed E-state index contributed by atoms with van der Waals surface area (Å²) in [6.45, 7) is 0.684. The first-order valence-electron chi connectivity index (χ1n) is 11.4. The Morgan fingerprint density at radius 1 is 0.941 bits per heavy atom. The first-order chi connectivity index (χ1) is 16.3. The van der Waals surface area contributed by atoms with E-state index in [2.05, 4.69) is 27.2 Å². The van der Waals surface area contributed by atoms with Crippen LogP contribution < -0.4 is 20.1 Å². The number of rotatable bonds is 14. The van der Waals surface area contributed by atoms with E-state index in [-0.39, 0.29) is 45.8 Å². The van der Waals surface area contributed by atoms with Crippen LogP contribution in [0, 0.1) is 29.6 Å². The summed E-state index contributed by atoms with van der Waals surface area (Å²) in [7, 11) is -2.59. The lowest BCUT2D eigenvalue weighted by Crippen LogP contribution is -2.41. The summed E-state index contributed by atoms with van der Waals surface area (Å²) < 4.78 is 42.8. The van der Waals surface area contributed by atoms with Gasteiger partial charge in [0, 0.05) is 39.4 Å². The van der Waals surface area contributed by atoms with Crippen molar-refractivity contribution in [2.75, 3.05) is 46.6 Å². The van der Waals surface area contributed by atoms with Gasteiger partial charge in [-0.1, -0.05) is 0 Å². The van der Waals surface area contributed by atoms with E-state index in [9.17, 15) is 22.8 Å². The number of hydrogen-bond donors (Lipinski definition) is 4. The molecule has 0 heterocycles. The molecule has 34 heavy (non-hydrogen) atoms. The van der Waals surface area contributed by atoms with Gasteiger partial charge in [-0.15, -0.1) is 11.8 Å². The highest BCUT2D eigenvalue weighted by atomic mass is 32.2. The molecule has 192 valence electrons. The molecule has 3 amide bonds. The molecular weight excluding hydrogens is 468 g/mol. The van der Waals surface area contributed by atoms with E-state index in [1.165, 1.54) is 7.05 Å². The predicted molar refractivity (Wildman–Crippen MR) is 122 cm³/mol. The standard InChI is InChI=1S/C21H34N4O8S/c1-22-20(27)32-14-13-31-12-11-24-34(29,30)25-19(26)9-6-10-23-21(28)33-15-18-16-7-4-2-3-5-8-17(16)18/h16-18,24H,4-15H2,1H3,(H,22,27)(H,23,28)(H,25,26)/t16-,17+,18-. The average Bonchev–Trinajstić information content (AvgIpc) is 3.42. The van der Waals surface area contributed by atoms with E-state index < -0.39 is 28.3 Å². The Hall–Kier alpha value is -2.56. The van der Waals surface area contributed by atoms with Crippen LogP contribution in [-0.4, -0.2) is 73.1 Å². The molecule has 13 heteroatoms. The maximum absolute atomic E-state index is 11.8. The monoisotopic (exact) mass is 502 g/mol. The predicted octanol–water partition coefficient (Wildman–Crippen LogP) is 0.256. The molecule has 0 bridgehead atoms. The molecule has 0 aromatic heterocycles. The lowest BCUT2D eigenvalue weighted by molar-refractivity contribution is -0.119. The number of hydrogen-bond acceptors (Lipinski definition) is 8. The van der Waals surface area contributed by atoms with Crippen LogP contribution >= 0.6 is 0 Å². The zero-order valence-corrected chi connectivity index (χ0v) is 20.2. The van der Waals surface area contributed by atoms with E-state index in [1.807, 2.05) is 4.72 Å². The number of nitrogens with one attached hydrogen (secondary N) is 4. The molecule has 3 atom stereocenters. The second-order valence-corrected chi connectivity index (χ2v) is 9.47. The van der Waals surface area contributed by atoms with Crippen LogP contribution in [0.2, 0.25) is 0 Å². The van der Waals surface area contributed by atoms with Crippen molar-refractivity contribution in [1.29, 1.82) is 0 Å². The third-order valence-corrected chi connectivity index (χ3v) is 6.63. The fourth-order valence-corrected chi connectivity index (χ4v) is 4.62. The Morgan fingerprint density at radius 2 is 1.65 bits per heavy atom. The summed E-state index contributed by atoms with van der Waals surface area (Å²) in [6, 6.07) is 0. The van der Waals surface area contributed by atoms with Gasteiger partial charge < -0.3 is 24.8 Å². The Labute approximate surface area is 200 Å². The highest BCUT2D eigenvalue weighted by Crippen LogP contribution is 2.52. The fourth-order valence-electron chi connectivity index (χ4n) is 3.80. The molecule has 4 N–H and O–H groups in total. The molecule has 2 aliphatic carbocycles. The summed E-state index contributed by atoms with van der Waals surface area (Å²) in [5, 5.41) is 4.85. The molecule has 2 aliphatic rings. The van der Waals surface area contributed by atoms with Gasteiger partial charge in [0.1, 0.15) is 6.61 Å². The largest absolute Gasteiger partial charge is 0.449 e. The van der Waals surface area contributed by atoms with Crippen LogP contribution in [0.25, 0.3) is 0 Å². The molecule has 1 fully saturated rings. The van der Waals surface area contributed by atoms with Gasteiger partial charge in [-0.3, -0.25) is 4.79 Å². The van der Waals surface area contributed by atoms with Crippen molar-refractivity contribution >= 4 is 28.3 Å². The van der Waals surface area contributed by atoms with Gasteiger partial charge in [0.05, 0.1) is 19.8 Å². The summed E-state index contributed by atoms with van der Waals surface area (Å²) in [6.07, 6.45) is 2.98. The number of alkyl carbamates (subject to hydrolysis) is 2. The minimum atomic E-state index is -4.02. The summed E-state index contributed by atoms with van der Waals surface area (Å²) in [4.78, 5) is 34.5. The van der Waals surface area contributed by atoms with Crippen LogP contribution in [-0.2, 0) is 29.2 Å². The molecular formula is C21H34N4O8S. The zero-order chi connectivity index (χ0) is 24.8. The Balaban J connectivity index is 1.46. The van der Waals surface area contributed by atoms with Crippen molar-refractivity contribution in [3.05, 3.63) is 0 Å². The lowest BCUT2D eigenvalue weighted by atomic mass is 10.1. The Bertz CT molecular complexity index is 837. The maximum Gasteiger partial charge on any atom is 0.407 e. The van der Waals surface area contributed by atoms with Gasteiger partial charge in [0.15, 0.2) is 0 Å². The second kappa shape index (κ2) is 14.6. The van der Waals surface area contributed by atoms with Crippen molar-refractivity contribution in [2.45, 2.75) is 38.5 Å². The van der Waals surface area contributed by atoms with E-state index >= 15 is 0 Å². The van der Waals surface area contributed by atoms with Gasteiger partial charge in [-0.25, -0.2) is 14.3 Å². The molecule has 0 unspecified atom stereocenters. The summed E-state index contributed by atoms with van der Waals surface area (Å²) in [5.41, 5.74) is 0. The number of ether oxygens (including phenoxy) is 3. The van der Waals surface area contributed by atoms with E-state index in [1.54, 1.807) is 0 Å². The van der Waals surface area contributed by atoms with Gasteiger partial charge >= 0.3 is 22.4 Å². The number of carbonyl (C=O) groups is 3. The van der Waals surface area contributed by atoms with Crippen LogP contribution in [0.15, 0.2) is 0 Å². The normalized spacial score (nSPS) is 20.9. The van der Waals surface area contributed by atoms with Gasteiger partial charge in [-0.05, 0) is 37.0 Å². The van der Waals surface area contributed by atoms with Crippen LogP contribution in [0.3, 0.4) is 0 Å². The molecule has 0 aliphatic heterocycles. The molecule has 0 radical (unpaired) electrons. The number of fused-ring (bicyclic) bond motifs is 1. The van der Waals surface area contributed by atoms with Crippen molar-refractivity contribution in [3.8, 4) is 11.8 Å². The van der Waals surface area contributed by atoms with Crippen LogP contribution in [0.1, 0.15) is 38.5 Å². The second-order valence-electron chi connectivity index (χ2n) is 7.97. The highest BCUT2D eigenvalue weighted by molar-refractivity contribution is 7.88. The fraction of sp³-hybridized carbons (Fsp3) is 0.762. The van der Waals surface area contributed by atoms with Crippen LogP contribution in [0.4, 0.5) is 9.59 Å². The first kappa shape index (κ1) is 27.7. The minimum Gasteiger partial charge on any atom is -0.449 e. The SMILES string of the molecule is CNC(=O)OCCOCCNS(=O)(=O)NC(=O)CCCNC(=O)OC[C@@H]1[C@@H]2CCC#CCC[C@@H]21.